The van der Waals surface area contributed by atoms with Crippen LogP contribution in [0.3, 0.4) is 0 Å². The molecule has 0 unspecified atom stereocenters. The van der Waals surface area contributed by atoms with Crippen LogP contribution in [0.15, 0.2) is 0 Å². The maximum Gasteiger partial charge on any atom is 0.329 e. The van der Waals surface area contributed by atoms with Crippen LogP contribution >= 0.6 is 0 Å². The summed E-state index contributed by atoms with van der Waals surface area (Å²) in [5.74, 6) is -1.32. The first-order valence-corrected chi connectivity index (χ1v) is 14.9. The molecule has 262 valence electrons. The third kappa shape index (κ3) is 40.5. The predicted octanol–water partition coefficient (Wildman–Crippen LogP) is -0.167. The fourth-order valence-corrected chi connectivity index (χ4v) is 2.82. The molecule has 0 amide bonds. The molecule has 0 aromatic carbocycles. The molecule has 0 fully saturated rings. The summed E-state index contributed by atoms with van der Waals surface area (Å²) >= 11 is 0. The van der Waals surface area contributed by atoms with Gasteiger partial charge in [-0.2, -0.15) is 0 Å². The molecule has 0 heterocycles. The van der Waals surface area contributed by atoms with E-state index in [4.69, 9.17) is 66.7 Å². The molecule has 0 aromatic heterocycles. The summed E-state index contributed by atoms with van der Waals surface area (Å²) in [5, 5.41) is 8.42. The predicted molar refractivity (Wildman–Crippen MR) is 154 cm³/mol. The Labute approximate surface area is 260 Å². The minimum atomic E-state index is -0.999. The van der Waals surface area contributed by atoms with Crippen molar-refractivity contribution < 1.29 is 76.3 Å². The van der Waals surface area contributed by atoms with Crippen LogP contribution in [-0.2, 0) is 71.2 Å². The fraction of sp³-hybridized carbons (Fsp3) is 0.929. The van der Waals surface area contributed by atoms with Crippen molar-refractivity contribution in [3.05, 3.63) is 0 Å². The number of carboxylic acid groups (broad SMARTS) is 1. The van der Waals surface area contributed by atoms with Crippen LogP contribution in [0.5, 0.6) is 0 Å². The number of hydrogen-bond acceptors (Lipinski definition) is 15. The Morgan fingerprint density at radius 3 is 0.705 bits per heavy atom. The van der Waals surface area contributed by atoms with Crippen molar-refractivity contribution in [1.82, 2.24) is 0 Å². The molecule has 16 nitrogen and oxygen atoms in total. The highest BCUT2D eigenvalue weighted by Gasteiger charge is 1.98. The van der Waals surface area contributed by atoms with Gasteiger partial charge in [-0.25, -0.2) is 4.79 Å². The zero-order valence-corrected chi connectivity index (χ0v) is 26.2. The molecule has 0 saturated heterocycles. The Bertz CT molecular complexity index is 548. The number of ether oxygens (including phenoxy) is 13. The van der Waals surface area contributed by atoms with Gasteiger partial charge in [-0.05, 0) is 0 Å². The van der Waals surface area contributed by atoms with Crippen LogP contribution < -0.4 is 0 Å². The van der Waals surface area contributed by atoms with Crippen molar-refractivity contribution in [2.24, 2.45) is 0 Å². The van der Waals surface area contributed by atoms with Gasteiger partial charge in [0, 0.05) is 6.92 Å². The van der Waals surface area contributed by atoms with Crippen molar-refractivity contribution in [1.29, 1.82) is 0 Å². The fourth-order valence-electron chi connectivity index (χ4n) is 2.82. The van der Waals surface area contributed by atoms with Crippen LogP contribution in [0.1, 0.15) is 6.92 Å². The van der Waals surface area contributed by atoms with Crippen LogP contribution in [0.25, 0.3) is 0 Å². The largest absolute Gasteiger partial charge is 0.480 e. The molecule has 0 atom stereocenters. The van der Waals surface area contributed by atoms with Crippen LogP contribution in [0, 0.1) is 0 Å². The highest BCUT2D eigenvalue weighted by Crippen LogP contribution is 1.87. The smallest absolute Gasteiger partial charge is 0.329 e. The van der Waals surface area contributed by atoms with Gasteiger partial charge in [-0.3, -0.25) is 4.79 Å². The molecule has 0 aromatic rings. The van der Waals surface area contributed by atoms with Crippen molar-refractivity contribution in [3.8, 4) is 0 Å². The Morgan fingerprint density at radius 1 is 0.341 bits per heavy atom. The number of carbonyl (C=O) groups is 2. The van der Waals surface area contributed by atoms with Crippen molar-refractivity contribution in [2.75, 3.05) is 165 Å². The van der Waals surface area contributed by atoms with Crippen LogP contribution in [0.4, 0.5) is 0 Å². The number of esters is 1. The zero-order chi connectivity index (χ0) is 32.0. The summed E-state index contributed by atoms with van der Waals surface area (Å²) in [6.07, 6.45) is 0. The lowest BCUT2D eigenvalue weighted by Crippen LogP contribution is -2.16. The van der Waals surface area contributed by atoms with E-state index in [0.717, 1.165) is 0 Å². The number of hydrogen-bond donors (Lipinski definition) is 1. The first-order chi connectivity index (χ1) is 21.6. The third-order valence-corrected chi connectivity index (χ3v) is 4.85. The highest BCUT2D eigenvalue weighted by molar-refractivity contribution is 5.68. The summed E-state index contributed by atoms with van der Waals surface area (Å²) in [6, 6.07) is 0. The van der Waals surface area contributed by atoms with Gasteiger partial charge in [-0.15, -0.1) is 0 Å². The van der Waals surface area contributed by atoms with Gasteiger partial charge in [0.2, 0.25) is 0 Å². The second-order valence-electron chi connectivity index (χ2n) is 8.52. The molecule has 0 rings (SSSR count). The minimum Gasteiger partial charge on any atom is -0.480 e. The van der Waals surface area contributed by atoms with E-state index < -0.39 is 5.97 Å². The van der Waals surface area contributed by atoms with E-state index in [0.29, 0.717) is 145 Å². The molecule has 0 aliphatic rings. The van der Waals surface area contributed by atoms with E-state index in [2.05, 4.69) is 0 Å². The lowest BCUT2D eigenvalue weighted by atomic mass is 10.6. The lowest BCUT2D eigenvalue weighted by Gasteiger charge is -2.09. The van der Waals surface area contributed by atoms with E-state index in [1.165, 1.54) is 6.92 Å². The molecule has 16 heteroatoms. The average molecular weight is 647 g/mol. The first kappa shape index (κ1) is 42.5. The Hall–Kier alpha value is -1.54. The van der Waals surface area contributed by atoms with E-state index in [1.807, 2.05) is 0 Å². The lowest BCUT2D eigenvalue weighted by molar-refractivity contribution is -0.143. The number of aliphatic carboxylic acids is 1. The summed E-state index contributed by atoms with van der Waals surface area (Å²) < 4.78 is 68.8. The topological polar surface area (TPSA) is 174 Å². The molecule has 0 spiro atoms. The number of rotatable bonds is 38. The van der Waals surface area contributed by atoms with Gasteiger partial charge in [-0.1, -0.05) is 0 Å². The number of carbonyl (C=O) groups excluding carboxylic acids is 1. The number of carboxylic acids is 1. The second kappa shape index (κ2) is 37.6. The van der Waals surface area contributed by atoms with Crippen LogP contribution in [0.2, 0.25) is 0 Å². The standard InChI is InChI=1S/C28H54O16/c1-27(29)44-25-24-42-21-20-40-17-16-38-13-12-36-9-8-34-5-4-32-2-3-33-6-7-35-10-11-37-14-15-39-18-19-41-22-23-43-26-28(30)31/h2-26H2,1H3,(H,30,31). The zero-order valence-electron chi connectivity index (χ0n) is 26.2. The molecule has 1 N–H and O–H groups in total. The van der Waals surface area contributed by atoms with Gasteiger partial charge in [0.25, 0.3) is 0 Å². The van der Waals surface area contributed by atoms with Crippen molar-refractivity contribution in [3.63, 3.8) is 0 Å². The van der Waals surface area contributed by atoms with Gasteiger partial charge in [0.05, 0.1) is 152 Å². The van der Waals surface area contributed by atoms with Gasteiger partial charge >= 0.3 is 11.9 Å². The van der Waals surface area contributed by atoms with E-state index in [1.54, 1.807) is 0 Å². The maximum absolute atomic E-state index is 10.6. The Morgan fingerprint density at radius 2 is 0.523 bits per heavy atom. The summed E-state index contributed by atoms with van der Waals surface area (Å²) in [4.78, 5) is 20.8. The van der Waals surface area contributed by atoms with E-state index >= 15 is 0 Å². The summed E-state index contributed by atoms with van der Waals surface area (Å²) in [6.45, 7) is 11.6. The molecular weight excluding hydrogens is 592 g/mol. The second-order valence-corrected chi connectivity index (χ2v) is 8.52. The molecule has 0 bridgehead atoms. The van der Waals surface area contributed by atoms with Crippen LogP contribution in [-0.4, -0.2) is 182 Å². The van der Waals surface area contributed by atoms with Gasteiger partial charge in [0.1, 0.15) is 13.2 Å². The Balaban J connectivity index is 3.05. The maximum atomic E-state index is 10.6. The van der Waals surface area contributed by atoms with Crippen molar-refractivity contribution >= 4 is 11.9 Å². The van der Waals surface area contributed by atoms with Crippen molar-refractivity contribution in [2.45, 2.75) is 6.92 Å². The van der Waals surface area contributed by atoms with E-state index in [-0.39, 0.29) is 25.8 Å². The normalized spacial score (nSPS) is 11.3. The molecular formula is C28H54O16. The minimum absolute atomic E-state index is 0.238. The van der Waals surface area contributed by atoms with E-state index in [9.17, 15) is 9.59 Å². The third-order valence-electron chi connectivity index (χ3n) is 4.85. The SMILES string of the molecule is CC(=O)OCCOCCOCCOCCOCCOCCOCCOCCOCCOCCOCCOCCOCC(=O)O. The summed E-state index contributed by atoms with van der Waals surface area (Å²) in [5.41, 5.74) is 0. The molecule has 0 aliphatic carbocycles. The van der Waals surface area contributed by atoms with Gasteiger partial charge < -0.3 is 66.7 Å². The first-order valence-electron chi connectivity index (χ1n) is 14.9. The average Bonchev–Trinajstić information content (AvgIpc) is 3.00. The quantitative estimate of drug-likeness (QED) is 0.0691. The molecule has 0 saturated carbocycles. The highest BCUT2D eigenvalue weighted by atomic mass is 16.6. The Kier molecular flexibility index (Phi) is 36.3. The monoisotopic (exact) mass is 646 g/mol. The molecule has 0 aliphatic heterocycles. The molecule has 44 heavy (non-hydrogen) atoms. The van der Waals surface area contributed by atoms with Gasteiger partial charge in [0.15, 0.2) is 0 Å². The summed E-state index contributed by atoms with van der Waals surface area (Å²) in [7, 11) is 0. The molecule has 0 radical (unpaired) electrons.